The number of aliphatic hydroxyl groups excluding tert-OH is 1. The fourth-order valence-electron chi connectivity index (χ4n) is 3.29. The van der Waals surface area contributed by atoms with Gasteiger partial charge in [0.05, 0.1) is 0 Å². The Balaban J connectivity index is 2.76. The molecule has 2 N–H and O–H groups in total. The molecule has 1 unspecified atom stereocenters. The molecule has 0 saturated carbocycles. The van der Waals surface area contributed by atoms with E-state index in [9.17, 15) is 9.90 Å². The first-order valence-corrected chi connectivity index (χ1v) is 6.98. The van der Waals surface area contributed by atoms with Crippen LogP contribution < -0.4 is 0 Å². The summed E-state index contributed by atoms with van der Waals surface area (Å²) in [5, 5.41) is 18.2. The summed E-state index contributed by atoms with van der Waals surface area (Å²) < 4.78 is 0. The molecule has 0 bridgehead atoms. The molecule has 1 saturated heterocycles. The van der Waals surface area contributed by atoms with Crippen molar-refractivity contribution in [3.63, 3.8) is 0 Å². The average Bonchev–Trinajstić information content (AvgIpc) is 2.27. The second-order valence-corrected chi connectivity index (χ2v) is 6.41. The topological polar surface area (TPSA) is 60.8 Å². The van der Waals surface area contributed by atoms with Crippen LogP contribution in [0.1, 0.15) is 52.9 Å². The van der Waals surface area contributed by atoms with E-state index < -0.39 is 6.09 Å². The van der Waals surface area contributed by atoms with Crippen LogP contribution in [0.25, 0.3) is 0 Å². The molecule has 1 aliphatic heterocycles. The number of rotatable bonds is 4. The van der Waals surface area contributed by atoms with Crippen LogP contribution in [0.3, 0.4) is 0 Å². The van der Waals surface area contributed by atoms with Gasteiger partial charge >= 0.3 is 6.09 Å². The third-order valence-electron chi connectivity index (χ3n) is 3.87. The predicted octanol–water partition coefficient (Wildman–Crippen LogP) is 2.95. The first-order valence-electron chi connectivity index (χ1n) is 6.98. The van der Waals surface area contributed by atoms with E-state index in [1.807, 2.05) is 0 Å². The van der Waals surface area contributed by atoms with Gasteiger partial charge in [-0.3, -0.25) is 0 Å². The number of unbranched alkanes of at least 4 members (excludes halogenated alkanes) is 1. The molecule has 1 fully saturated rings. The lowest BCUT2D eigenvalue weighted by molar-refractivity contribution is 0.0190. The Kier molecular flexibility index (Phi) is 5.45. The first-order chi connectivity index (χ1) is 8.38. The Labute approximate surface area is 110 Å². The van der Waals surface area contributed by atoms with Gasteiger partial charge in [-0.05, 0) is 37.0 Å². The summed E-state index contributed by atoms with van der Waals surface area (Å²) in [6.07, 6.45) is 4.11. The Morgan fingerprint density at radius 2 is 2.00 bits per heavy atom. The summed E-state index contributed by atoms with van der Waals surface area (Å²) in [6.45, 7) is 7.26. The molecule has 1 heterocycles. The Morgan fingerprint density at radius 1 is 1.33 bits per heavy atom. The number of hydrogen-bond donors (Lipinski definition) is 2. The fraction of sp³-hybridized carbons (Fsp3) is 0.929. The molecule has 0 aromatic rings. The van der Waals surface area contributed by atoms with Crippen LogP contribution >= 0.6 is 0 Å². The summed E-state index contributed by atoms with van der Waals surface area (Å²) in [7, 11) is 0. The second kappa shape index (κ2) is 6.41. The van der Waals surface area contributed by atoms with Gasteiger partial charge in [-0.25, -0.2) is 4.79 Å². The number of hydrogen-bond acceptors (Lipinski definition) is 2. The number of amides is 1. The highest BCUT2D eigenvalue weighted by molar-refractivity contribution is 5.65. The van der Waals surface area contributed by atoms with Gasteiger partial charge in [0.15, 0.2) is 0 Å². The van der Waals surface area contributed by atoms with Crippen LogP contribution in [-0.2, 0) is 0 Å². The highest BCUT2D eigenvalue weighted by atomic mass is 16.4. The van der Waals surface area contributed by atoms with Gasteiger partial charge in [0.1, 0.15) is 0 Å². The van der Waals surface area contributed by atoms with Crippen molar-refractivity contribution in [2.45, 2.75) is 58.9 Å². The summed E-state index contributed by atoms with van der Waals surface area (Å²) in [6, 6.07) is 0.0995. The van der Waals surface area contributed by atoms with Crippen molar-refractivity contribution in [1.82, 2.24) is 4.90 Å². The van der Waals surface area contributed by atoms with Crippen LogP contribution in [0.15, 0.2) is 0 Å². The smallest absolute Gasteiger partial charge is 0.407 e. The highest BCUT2D eigenvalue weighted by Gasteiger charge is 2.41. The molecule has 2 atom stereocenters. The lowest BCUT2D eigenvalue weighted by atomic mass is 9.72. The molecule has 4 heteroatoms. The molecule has 1 amide bonds. The molecular weight excluding hydrogens is 230 g/mol. The Morgan fingerprint density at radius 3 is 2.50 bits per heavy atom. The summed E-state index contributed by atoms with van der Waals surface area (Å²) in [5.41, 5.74) is -0.0251. The van der Waals surface area contributed by atoms with E-state index in [0.29, 0.717) is 12.5 Å². The van der Waals surface area contributed by atoms with E-state index in [4.69, 9.17) is 5.11 Å². The zero-order valence-corrected chi connectivity index (χ0v) is 11.9. The number of likely N-dealkylation sites (tertiary alicyclic amines) is 1. The van der Waals surface area contributed by atoms with E-state index >= 15 is 0 Å². The van der Waals surface area contributed by atoms with Crippen molar-refractivity contribution in [2.24, 2.45) is 11.3 Å². The van der Waals surface area contributed by atoms with Crippen LogP contribution in [-0.4, -0.2) is 40.4 Å². The van der Waals surface area contributed by atoms with Crippen LogP contribution in [0.4, 0.5) is 4.79 Å². The van der Waals surface area contributed by atoms with Gasteiger partial charge in [-0.1, -0.05) is 27.2 Å². The predicted molar refractivity (Wildman–Crippen MR) is 71.6 cm³/mol. The van der Waals surface area contributed by atoms with Gasteiger partial charge in [0.25, 0.3) is 0 Å². The molecule has 106 valence electrons. The van der Waals surface area contributed by atoms with E-state index in [1.54, 1.807) is 4.90 Å². The lowest BCUT2D eigenvalue weighted by Gasteiger charge is -2.47. The largest absolute Gasteiger partial charge is 0.465 e. The van der Waals surface area contributed by atoms with Gasteiger partial charge in [-0.15, -0.1) is 0 Å². The van der Waals surface area contributed by atoms with Crippen molar-refractivity contribution < 1.29 is 15.0 Å². The number of carboxylic acid groups (broad SMARTS) is 1. The summed E-state index contributed by atoms with van der Waals surface area (Å²) in [4.78, 5) is 13.0. The van der Waals surface area contributed by atoms with E-state index in [-0.39, 0.29) is 18.1 Å². The minimum atomic E-state index is -0.790. The summed E-state index contributed by atoms with van der Waals surface area (Å²) in [5.74, 6) is 0.432. The molecule has 0 radical (unpaired) electrons. The van der Waals surface area contributed by atoms with Gasteiger partial charge in [0.2, 0.25) is 0 Å². The third-order valence-corrected chi connectivity index (χ3v) is 3.87. The Bertz CT molecular complexity index is 273. The van der Waals surface area contributed by atoms with Gasteiger partial charge in [0, 0.05) is 19.2 Å². The van der Waals surface area contributed by atoms with Crippen molar-refractivity contribution in [1.29, 1.82) is 0 Å². The van der Waals surface area contributed by atoms with Crippen LogP contribution in [0.2, 0.25) is 0 Å². The summed E-state index contributed by atoms with van der Waals surface area (Å²) >= 11 is 0. The van der Waals surface area contributed by atoms with Crippen LogP contribution in [0.5, 0.6) is 0 Å². The molecule has 1 aliphatic rings. The van der Waals surface area contributed by atoms with Crippen molar-refractivity contribution in [3.8, 4) is 0 Å². The number of nitrogens with zero attached hydrogens (tertiary/aromatic N) is 1. The quantitative estimate of drug-likeness (QED) is 0.761. The molecular formula is C14H27NO3. The minimum Gasteiger partial charge on any atom is -0.465 e. The number of aliphatic hydroxyl groups is 1. The molecule has 0 aliphatic carbocycles. The normalized spacial score (nSPS) is 25.2. The van der Waals surface area contributed by atoms with Gasteiger partial charge in [-0.2, -0.15) is 0 Å². The van der Waals surface area contributed by atoms with E-state index in [1.165, 1.54) is 0 Å². The molecule has 1 rings (SSSR count). The first kappa shape index (κ1) is 15.3. The molecule has 4 nitrogen and oxygen atoms in total. The highest BCUT2D eigenvalue weighted by Crippen LogP contribution is 2.38. The van der Waals surface area contributed by atoms with Crippen molar-refractivity contribution in [3.05, 3.63) is 0 Å². The van der Waals surface area contributed by atoms with Gasteiger partial charge < -0.3 is 15.1 Å². The zero-order chi connectivity index (χ0) is 13.8. The molecule has 0 aromatic carbocycles. The number of carbonyl (C=O) groups is 1. The van der Waals surface area contributed by atoms with Crippen molar-refractivity contribution in [2.75, 3.05) is 13.2 Å². The molecule has 18 heavy (non-hydrogen) atoms. The number of piperidine rings is 1. The average molecular weight is 257 g/mol. The molecule has 0 spiro atoms. The maximum Gasteiger partial charge on any atom is 0.407 e. The maximum atomic E-state index is 11.4. The third kappa shape index (κ3) is 3.87. The fourth-order valence-corrected chi connectivity index (χ4v) is 3.29. The zero-order valence-electron chi connectivity index (χ0n) is 11.9. The maximum absolute atomic E-state index is 11.4. The van der Waals surface area contributed by atoms with Crippen molar-refractivity contribution >= 4 is 6.09 Å². The SMILES string of the molecule is CC(C)(C)C1[C@H](CCCCO)CCCN1C(=O)O. The molecule has 0 aromatic heterocycles. The van der Waals surface area contributed by atoms with E-state index in [0.717, 1.165) is 32.1 Å². The second-order valence-electron chi connectivity index (χ2n) is 6.41. The Hall–Kier alpha value is -0.770. The van der Waals surface area contributed by atoms with E-state index in [2.05, 4.69) is 20.8 Å². The standard InChI is InChI=1S/C14H27NO3/c1-14(2,3)12-11(7-4-5-10-16)8-6-9-15(12)13(17)18/h11-12,16H,4-10H2,1-3H3,(H,17,18)/t11-,12?/m1/s1. The van der Waals surface area contributed by atoms with Crippen LogP contribution in [0, 0.1) is 11.3 Å². The minimum absolute atomic E-state index is 0.0251. The monoisotopic (exact) mass is 257 g/mol. The lowest BCUT2D eigenvalue weighted by Crippen LogP contribution is -2.54.